The van der Waals surface area contributed by atoms with Gasteiger partial charge in [0.25, 0.3) is 5.91 Å². The Balaban J connectivity index is 1.79. The molecule has 0 radical (unpaired) electrons. The number of ether oxygens (including phenoxy) is 3. The Kier molecular flexibility index (Phi) is 5.15. The van der Waals surface area contributed by atoms with Gasteiger partial charge < -0.3 is 24.2 Å². The Morgan fingerprint density at radius 1 is 1.36 bits per heavy atom. The lowest BCUT2D eigenvalue weighted by atomic mass is 10.2. The molecule has 2 heterocycles. The molecule has 132 valence electrons. The number of carboxylic acids is 1. The van der Waals surface area contributed by atoms with Gasteiger partial charge in [-0.05, 0) is 18.2 Å². The number of thiazole rings is 1. The third-order valence-corrected chi connectivity index (χ3v) is 4.41. The highest BCUT2D eigenvalue weighted by Gasteiger charge is 2.22. The molecule has 2 aromatic rings. The van der Waals surface area contributed by atoms with Gasteiger partial charge in [-0.25, -0.2) is 4.98 Å². The van der Waals surface area contributed by atoms with Crippen molar-refractivity contribution in [2.24, 2.45) is 0 Å². The molecule has 1 amide bonds. The van der Waals surface area contributed by atoms with Crippen LogP contribution >= 0.6 is 11.3 Å². The van der Waals surface area contributed by atoms with Gasteiger partial charge in [0.05, 0.1) is 6.61 Å². The van der Waals surface area contributed by atoms with E-state index in [0.717, 1.165) is 5.56 Å². The number of aromatic nitrogens is 1. The number of nitrogens with zero attached hydrogens (tertiary/aromatic N) is 2. The van der Waals surface area contributed by atoms with Gasteiger partial charge in [-0.15, -0.1) is 11.3 Å². The van der Waals surface area contributed by atoms with Crippen molar-refractivity contribution in [3.05, 3.63) is 29.3 Å². The number of fused-ring (bicyclic) bond motifs is 1. The van der Waals surface area contributed by atoms with Crippen LogP contribution in [0.3, 0.4) is 0 Å². The van der Waals surface area contributed by atoms with Gasteiger partial charge in [0.1, 0.15) is 17.2 Å². The van der Waals surface area contributed by atoms with E-state index in [1.807, 2.05) is 6.07 Å². The largest absolute Gasteiger partial charge is 0.480 e. The Morgan fingerprint density at radius 3 is 2.92 bits per heavy atom. The average molecular weight is 364 g/mol. The molecule has 25 heavy (non-hydrogen) atoms. The Labute approximate surface area is 147 Å². The molecule has 0 saturated heterocycles. The van der Waals surface area contributed by atoms with Crippen LogP contribution in [-0.4, -0.2) is 60.5 Å². The highest BCUT2D eigenvalue weighted by atomic mass is 32.1. The van der Waals surface area contributed by atoms with Crippen LogP contribution in [0.4, 0.5) is 0 Å². The van der Waals surface area contributed by atoms with Gasteiger partial charge in [-0.1, -0.05) is 0 Å². The van der Waals surface area contributed by atoms with Gasteiger partial charge in [0.2, 0.25) is 6.79 Å². The van der Waals surface area contributed by atoms with E-state index in [1.165, 1.54) is 23.3 Å². The monoisotopic (exact) mass is 364 g/mol. The van der Waals surface area contributed by atoms with Crippen LogP contribution in [0.25, 0.3) is 10.6 Å². The van der Waals surface area contributed by atoms with E-state index in [-0.39, 0.29) is 25.6 Å². The molecule has 0 saturated carbocycles. The maximum atomic E-state index is 12.5. The molecule has 0 spiro atoms. The molecule has 1 N–H and O–H groups in total. The number of carbonyl (C=O) groups is 2. The van der Waals surface area contributed by atoms with Gasteiger partial charge in [0, 0.05) is 24.6 Å². The summed E-state index contributed by atoms with van der Waals surface area (Å²) in [7, 11) is 1.49. The summed E-state index contributed by atoms with van der Waals surface area (Å²) in [5, 5.41) is 11.2. The zero-order valence-electron chi connectivity index (χ0n) is 13.4. The van der Waals surface area contributed by atoms with Crippen molar-refractivity contribution >= 4 is 23.2 Å². The molecule has 1 aliphatic rings. The summed E-state index contributed by atoms with van der Waals surface area (Å²) in [6.07, 6.45) is 0. The van der Waals surface area contributed by atoms with Gasteiger partial charge in [-0.3, -0.25) is 9.59 Å². The Morgan fingerprint density at radius 2 is 2.16 bits per heavy atom. The van der Waals surface area contributed by atoms with Crippen LogP contribution in [0.2, 0.25) is 0 Å². The lowest BCUT2D eigenvalue weighted by Crippen LogP contribution is -2.38. The van der Waals surface area contributed by atoms with E-state index < -0.39 is 18.4 Å². The predicted molar refractivity (Wildman–Crippen MR) is 89.1 cm³/mol. The van der Waals surface area contributed by atoms with Crippen molar-refractivity contribution in [3.63, 3.8) is 0 Å². The fraction of sp³-hybridized carbons (Fsp3) is 0.312. The molecule has 0 atom stereocenters. The molecule has 0 bridgehead atoms. The molecule has 1 aromatic carbocycles. The summed E-state index contributed by atoms with van der Waals surface area (Å²) in [6.45, 7) is 0.208. The van der Waals surface area contributed by atoms with E-state index in [9.17, 15) is 9.59 Å². The number of carbonyl (C=O) groups excluding carboxylic acids is 1. The molecule has 0 fully saturated rings. The minimum Gasteiger partial charge on any atom is -0.480 e. The predicted octanol–water partition coefficient (Wildman–Crippen LogP) is 1.71. The van der Waals surface area contributed by atoms with E-state index in [4.69, 9.17) is 19.3 Å². The molecule has 8 nitrogen and oxygen atoms in total. The molecule has 0 unspecified atom stereocenters. The highest BCUT2D eigenvalue weighted by Crippen LogP contribution is 2.36. The second kappa shape index (κ2) is 7.49. The number of methoxy groups -OCH3 is 1. The van der Waals surface area contributed by atoms with Crippen molar-refractivity contribution in [1.29, 1.82) is 0 Å². The molecule has 0 aliphatic carbocycles. The summed E-state index contributed by atoms with van der Waals surface area (Å²) < 4.78 is 15.5. The fourth-order valence-corrected chi connectivity index (χ4v) is 3.10. The van der Waals surface area contributed by atoms with Crippen molar-refractivity contribution in [3.8, 4) is 22.1 Å². The molecule has 1 aromatic heterocycles. The lowest BCUT2D eigenvalue weighted by Gasteiger charge is -2.18. The van der Waals surface area contributed by atoms with E-state index in [2.05, 4.69) is 4.98 Å². The van der Waals surface area contributed by atoms with Crippen LogP contribution in [0, 0.1) is 0 Å². The second-order valence-electron chi connectivity index (χ2n) is 5.22. The highest BCUT2D eigenvalue weighted by molar-refractivity contribution is 7.13. The SMILES string of the molecule is COCCN(CC(=O)O)C(=O)c1csc(-c2ccc3c(c2)OCO3)n1. The van der Waals surface area contributed by atoms with Crippen molar-refractivity contribution < 1.29 is 28.9 Å². The van der Waals surface area contributed by atoms with Gasteiger partial charge >= 0.3 is 5.97 Å². The van der Waals surface area contributed by atoms with Crippen LogP contribution < -0.4 is 9.47 Å². The zero-order valence-corrected chi connectivity index (χ0v) is 14.2. The van der Waals surface area contributed by atoms with E-state index >= 15 is 0 Å². The van der Waals surface area contributed by atoms with E-state index in [1.54, 1.807) is 17.5 Å². The van der Waals surface area contributed by atoms with Crippen molar-refractivity contribution in [2.45, 2.75) is 0 Å². The Hall–Kier alpha value is -2.65. The number of benzene rings is 1. The van der Waals surface area contributed by atoms with Crippen LogP contribution in [0.5, 0.6) is 11.5 Å². The number of carboxylic acid groups (broad SMARTS) is 1. The zero-order chi connectivity index (χ0) is 17.8. The Bertz CT molecular complexity index is 791. The summed E-state index contributed by atoms with van der Waals surface area (Å²) in [5.41, 5.74) is 1.00. The van der Waals surface area contributed by atoms with Gasteiger partial charge in [0.15, 0.2) is 11.5 Å². The van der Waals surface area contributed by atoms with Crippen LogP contribution in [-0.2, 0) is 9.53 Å². The van der Waals surface area contributed by atoms with Crippen LogP contribution in [0.15, 0.2) is 23.6 Å². The maximum absolute atomic E-state index is 12.5. The third-order valence-electron chi connectivity index (χ3n) is 3.52. The molecule has 1 aliphatic heterocycles. The van der Waals surface area contributed by atoms with Crippen molar-refractivity contribution in [2.75, 3.05) is 33.6 Å². The number of amides is 1. The molecular weight excluding hydrogens is 348 g/mol. The van der Waals surface area contributed by atoms with Gasteiger partial charge in [-0.2, -0.15) is 0 Å². The first-order valence-electron chi connectivity index (χ1n) is 7.44. The number of aliphatic carboxylic acids is 1. The molecule has 9 heteroatoms. The molecular formula is C16H16N2O6S. The maximum Gasteiger partial charge on any atom is 0.323 e. The number of hydrogen-bond donors (Lipinski definition) is 1. The smallest absolute Gasteiger partial charge is 0.323 e. The topological polar surface area (TPSA) is 98.2 Å². The number of rotatable bonds is 7. The molecule has 3 rings (SSSR count). The van der Waals surface area contributed by atoms with E-state index in [0.29, 0.717) is 16.5 Å². The minimum absolute atomic E-state index is 0.179. The second-order valence-corrected chi connectivity index (χ2v) is 6.08. The first-order valence-corrected chi connectivity index (χ1v) is 8.32. The minimum atomic E-state index is -1.09. The summed E-state index contributed by atoms with van der Waals surface area (Å²) in [5.74, 6) is -0.227. The summed E-state index contributed by atoms with van der Waals surface area (Å²) in [6, 6.07) is 5.42. The standard InChI is InChI=1S/C16H16N2O6S/c1-22-5-4-18(7-14(19)20)16(21)11-8-25-15(17-11)10-2-3-12-13(6-10)24-9-23-12/h2-3,6,8H,4-5,7,9H2,1H3,(H,19,20). The third kappa shape index (κ3) is 3.89. The average Bonchev–Trinajstić information content (AvgIpc) is 3.25. The summed E-state index contributed by atoms with van der Waals surface area (Å²) >= 11 is 1.30. The first kappa shape index (κ1) is 17.2. The quantitative estimate of drug-likeness (QED) is 0.798. The lowest BCUT2D eigenvalue weighted by molar-refractivity contribution is -0.137. The fourth-order valence-electron chi connectivity index (χ4n) is 2.31. The number of hydrogen-bond acceptors (Lipinski definition) is 7. The normalized spacial score (nSPS) is 12.2. The van der Waals surface area contributed by atoms with Crippen molar-refractivity contribution in [1.82, 2.24) is 9.88 Å². The summed E-state index contributed by atoms with van der Waals surface area (Å²) in [4.78, 5) is 29.0. The first-order chi connectivity index (χ1) is 12.1. The van der Waals surface area contributed by atoms with Crippen LogP contribution in [0.1, 0.15) is 10.5 Å².